The molecule has 92 valence electrons. The molecule has 0 aliphatic heterocycles. The molecule has 0 saturated carbocycles. The van der Waals surface area contributed by atoms with Crippen molar-refractivity contribution in [3.8, 4) is 0 Å². The van der Waals surface area contributed by atoms with E-state index in [1.54, 1.807) is 11.3 Å². The Kier molecular flexibility index (Phi) is 4.88. The van der Waals surface area contributed by atoms with Crippen molar-refractivity contribution in [2.75, 3.05) is 6.54 Å². The first-order valence-electron chi connectivity index (χ1n) is 5.44. The van der Waals surface area contributed by atoms with Gasteiger partial charge in [0.1, 0.15) is 0 Å². The average Bonchev–Trinajstić information content (AvgIpc) is 2.90. The molecule has 1 N–H and O–H groups in total. The number of nitrogens with one attached hydrogen (secondary N) is 1. The van der Waals surface area contributed by atoms with Crippen LogP contribution in [-0.4, -0.2) is 6.54 Å². The maximum Gasteiger partial charge on any atom is 0.0995 e. The van der Waals surface area contributed by atoms with Crippen molar-refractivity contribution in [3.63, 3.8) is 0 Å². The van der Waals surface area contributed by atoms with Crippen LogP contribution in [0.25, 0.3) is 0 Å². The molecule has 0 amide bonds. The molecule has 5 heteroatoms. The highest BCUT2D eigenvalue weighted by Crippen LogP contribution is 2.38. The molecule has 0 aliphatic rings. The van der Waals surface area contributed by atoms with Crippen LogP contribution in [-0.2, 0) is 0 Å². The van der Waals surface area contributed by atoms with E-state index in [0.29, 0.717) is 0 Å². The molecule has 0 bridgehead atoms. The maximum absolute atomic E-state index is 6.23. The Bertz CT molecular complexity index is 465. The molecule has 2 rings (SSSR count). The van der Waals surface area contributed by atoms with Crippen LogP contribution in [0.5, 0.6) is 0 Å². The van der Waals surface area contributed by atoms with E-state index in [-0.39, 0.29) is 6.04 Å². The van der Waals surface area contributed by atoms with Crippen LogP contribution in [0.1, 0.15) is 29.8 Å². The van der Waals surface area contributed by atoms with Gasteiger partial charge in [-0.15, -0.1) is 22.7 Å². The Morgan fingerprint density at radius 1 is 1.41 bits per heavy atom. The van der Waals surface area contributed by atoms with Gasteiger partial charge >= 0.3 is 0 Å². The van der Waals surface area contributed by atoms with E-state index < -0.39 is 0 Å². The minimum Gasteiger partial charge on any atom is -0.306 e. The monoisotopic (exact) mass is 305 g/mol. The second-order valence-electron chi connectivity index (χ2n) is 3.68. The summed E-state index contributed by atoms with van der Waals surface area (Å²) in [5, 5.41) is 5.60. The lowest BCUT2D eigenvalue weighted by atomic mass is 10.1. The van der Waals surface area contributed by atoms with Crippen LogP contribution in [0.15, 0.2) is 23.6 Å². The van der Waals surface area contributed by atoms with Gasteiger partial charge in [-0.1, -0.05) is 36.2 Å². The van der Waals surface area contributed by atoms with Crippen LogP contribution < -0.4 is 5.32 Å². The zero-order valence-electron chi connectivity index (χ0n) is 9.37. The van der Waals surface area contributed by atoms with Crippen molar-refractivity contribution in [3.05, 3.63) is 42.7 Å². The number of hydrogen-bond donors (Lipinski definition) is 1. The van der Waals surface area contributed by atoms with Gasteiger partial charge in [0, 0.05) is 10.4 Å². The molecule has 17 heavy (non-hydrogen) atoms. The highest BCUT2D eigenvalue weighted by atomic mass is 35.5. The van der Waals surface area contributed by atoms with E-state index in [4.69, 9.17) is 23.2 Å². The zero-order chi connectivity index (χ0) is 12.3. The normalized spacial score (nSPS) is 12.9. The fraction of sp³-hybridized carbons (Fsp3) is 0.333. The lowest BCUT2D eigenvalue weighted by Gasteiger charge is -2.16. The van der Waals surface area contributed by atoms with Crippen molar-refractivity contribution in [1.29, 1.82) is 0 Å². The van der Waals surface area contributed by atoms with Gasteiger partial charge in [0.15, 0.2) is 0 Å². The molecule has 0 aliphatic carbocycles. The van der Waals surface area contributed by atoms with Crippen LogP contribution in [0, 0.1) is 0 Å². The first kappa shape index (κ1) is 13.4. The lowest BCUT2D eigenvalue weighted by Crippen LogP contribution is -2.22. The van der Waals surface area contributed by atoms with Crippen LogP contribution in [0.2, 0.25) is 8.67 Å². The molecule has 1 atom stereocenters. The molecule has 0 fully saturated rings. The Morgan fingerprint density at radius 3 is 2.76 bits per heavy atom. The molecule has 0 spiro atoms. The minimum absolute atomic E-state index is 0.159. The summed E-state index contributed by atoms with van der Waals surface area (Å²) in [4.78, 5) is 1.27. The Labute approximate surface area is 119 Å². The summed E-state index contributed by atoms with van der Waals surface area (Å²) in [5.74, 6) is 0. The van der Waals surface area contributed by atoms with E-state index in [2.05, 4.69) is 29.8 Å². The summed E-state index contributed by atoms with van der Waals surface area (Å²) in [5.41, 5.74) is 1.08. The molecule has 0 saturated heterocycles. The summed E-state index contributed by atoms with van der Waals surface area (Å²) >= 11 is 15.4. The predicted octanol–water partition coefficient (Wildman–Crippen LogP) is 5.21. The van der Waals surface area contributed by atoms with Gasteiger partial charge in [-0.2, -0.15) is 0 Å². The zero-order valence-corrected chi connectivity index (χ0v) is 12.5. The van der Waals surface area contributed by atoms with E-state index in [9.17, 15) is 0 Å². The lowest BCUT2D eigenvalue weighted by molar-refractivity contribution is 0.607. The van der Waals surface area contributed by atoms with E-state index in [1.165, 1.54) is 16.2 Å². The molecular weight excluding hydrogens is 293 g/mol. The van der Waals surface area contributed by atoms with Gasteiger partial charge in [0.25, 0.3) is 0 Å². The Morgan fingerprint density at radius 2 is 2.24 bits per heavy atom. The van der Waals surface area contributed by atoms with Crippen LogP contribution in [0.4, 0.5) is 0 Å². The van der Waals surface area contributed by atoms with Gasteiger partial charge in [-0.3, -0.25) is 0 Å². The highest BCUT2D eigenvalue weighted by molar-refractivity contribution is 7.20. The molecule has 2 heterocycles. The third-order valence-corrected chi connectivity index (χ3v) is 4.88. The van der Waals surface area contributed by atoms with E-state index in [0.717, 1.165) is 27.2 Å². The molecule has 2 aromatic heterocycles. The molecule has 2 aromatic rings. The SMILES string of the molecule is CCCNC(c1cccs1)c1cc(Cl)sc1Cl. The van der Waals surface area contributed by atoms with Gasteiger partial charge in [-0.25, -0.2) is 0 Å². The predicted molar refractivity (Wildman–Crippen MR) is 78.8 cm³/mol. The maximum atomic E-state index is 6.23. The van der Waals surface area contributed by atoms with Crippen molar-refractivity contribution in [2.45, 2.75) is 19.4 Å². The van der Waals surface area contributed by atoms with Gasteiger partial charge in [0.2, 0.25) is 0 Å². The number of thiophene rings is 2. The third-order valence-electron chi connectivity index (χ3n) is 2.42. The van der Waals surface area contributed by atoms with Crippen molar-refractivity contribution < 1.29 is 0 Å². The second-order valence-corrected chi connectivity index (χ2v) is 6.95. The van der Waals surface area contributed by atoms with Crippen molar-refractivity contribution in [1.82, 2.24) is 5.32 Å². The molecule has 1 unspecified atom stereocenters. The summed E-state index contributed by atoms with van der Waals surface area (Å²) in [6, 6.07) is 6.30. The molecule has 0 radical (unpaired) electrons. The quantitative estimate of drug-likeness (QED) is 0.800. The number of rotatable bonds is 5. The summed E-state index contributed by atoms with van der Waals surface area (Å²) in [6.07, 6.45) is 1.09. The fourth-order valence-electron chi connectivity index (χ4n) is 1.66. The van der Waals surface area contributed by atoms with Gasteiger partial charge in [-0.05, 0) is 30.5 Å². The third kappa shape index (κ3) is 3.24. The summed E-state index contributed by atoms with van der Waals surface area (Å²) in [6.45, 7) is 3.12. The van der Waals surface area contributed by atoms with Crippen LogP contribution >= 0.6 is 45.9 Å². The Hall–Kier alpha value is -0.0600. The molecule has 0 aromatic carbocycles. The van der Waals surface area contributed by atoms with Crippen molar-refractivity contribution in [2.24, 2.45) is 0 Å². The van der Waals surface area contributed by atoms with Gasteiger partial charge in [0.05, 0.1) is 14.7 Å². The standard InChI is InChI=1S/C12H13Cl2NS2/c1-2-5-15-11(9-4-3-6-16-9)8-7-10(13)17-12(8)14/h3-4,6-7,11,15H,2,5H2,1H3. The average molecular weight is 306 g/mol. The molecule has 1 nitrogen and oxygen atoms in total. The topological polar surface area (TPSA) is 12.0 Å². The Balaban J connectivity index is 2.30. The first-order chi connectivity index (χ1) is 8.22. The van der Waals surface area contributed by atoms with E-state index >= 15 is 0 Å². The fourth-order valence-corrected chi connectivity index (χ4v) is 4.01. The van der Waals surface area contributed by atoms with Crippen LogP contribution in [0.3, 0.4) is 0 Å². The van der Waals surface area contributed by atoms with Crippen molar-refractivity contribution >= 4 is 45.9 Å². The molecular formula is C12H13Cl2NS2. The highest BCUT2D eigenvalue weighted by Gasteiger charge is 2.19. The smallest absolute Gasteiger partial charge is 0.0995 e. The largest absolute Gasteiger partial charge is 0.306 e. The summed E-state index contributed by atoms with van der Waals surface area (Å²) < 4.78 is 1.52. The summed E-state index contributed by atoms with van der Waals surface area (Å²) in [7, 11) is 0. The minimum atomic E-state index is 0.159. The second kappa shape index (κ2) is 6.21. The van der Waals surface area contributed by atoms with E-state index in [1.807, 2.05) is 6.07 Å². The van der Waals surface area contributed by atoms with Gasteiger partial charge < -0.3 is 5.32 Å². The number of halogens is 2. The number of hydrogen-bond acceptors (Lipinski definition) is 3. The first-order valence-corrected chi connectivity index (χ1v) is 7.89.